The van der Waals surface area contributed by atoms with Crippen molar-refractivity contribution in [3.63, 3.8) is 0 Å². The Bertz CT molecular complexity index is 777. The molecule has 0 radical (unpaired) electrons. The number of phenolic OH excluding ortho intramolecular Hbond substituents is 2. The minimum atomic E-state index is -1.68. The topological polar surface area (TPSA) is 154 Å². The smallest absolute Gasteiger partial charge is 0.306 e. The van der Waals surface area contributed by atoms with Gasteiger partial charge in [-0.25, -0.2) is 0 Å². The molecule has 0 fully saturated rings. The Morgan fingerprint density at radius 2 is 1.00 bits per heavy atom. The second-order valence-corrected chi connectivity index (χ2v) is 7.32. The molecule has 32 heavy (non-hydrogen) atoms. The number of aliphatic hydroxyl groups is 3. The summed E-state index contributed by atoms with van der Waals surface area (Å²) >= 11 is 0. The number of esters is 2. The summed E-state index contributed by atoms with van der Waals surface area (Å²) in [6.07, 6.45) is -3.97. The van der Waals surface area contributed by atoms with Gasteiger partial charge in [-0.2, -0.15) is 0 Å². The van der Waals surface area contributed by atoms with Crippen LogP contribution in [0, 0.1) is 0 Å². The van der Waals surface area contributed by atoms with Gasteiger partial charge in [-0.1, -0.05) is 24.3 Å². The van der Waals surface area contributed by atoms with Gasteiger partial charge in [0.2, 0.25) is 0 Å². The van der Waals surface area contributed by atoms with Gasteiger partial charge in [-0.3, -0.25) is 9.59 Å². The summed E-state index contributed by atoms with van der Waals surface area (Å²) in [6.45, 7) is -1.05. The summed E-state index contributed by atoms with van der Waals surface area (Å²) in [5.74, 6) is -0.955. The standard InChI is InChI=1S/C23H28O9/c24-17-7-1-15(2-8-17)5-11-21(28)31-13-19(26)23(30)20(27)14-32-22(29)12-6-16-3-9-18(25)10-4-16/h1-4,7-10,19-20,23-27,30H,5-6,11-14H2/t19-,20-/m1/s1. The number of carbonyl (C=O) groups excluding carboxylic acids is 2. The highest BCUT2D eigenvalue weighted by Gasteiger charge is 2.27. The zero-order valence-electron chi connectivity index (χ0n) is 17.5. The number of aromatic hydroxyl groups is 2. The van der Waals surface area contributed by atoms with E-state index in [4.69, 9.17) is 9.47 Å². The Labute approximate surface area is 185 Å². The van der Waals surface area contributed by atoms with E-state index in [1.54, 1.807) is 24.3 Å². The Morgan fingerprint density at radius 1 is 0.656 bits per heavy atom. The first-order valence-corrected chi connectivity index (χ1v) is 10.2. The third-order valence-corrected chi connectivity index (χ3v) is 4.73. The van der Waals surface area contributed by atoms with Gasteiger partial charge in [0.05, 0.1) is 0 Å². The number of hydrogen-bond donors (Lipinski definition) is 5. The molecule has 2 aromatic rings. The Kier molecular flexibility index (Phi) is 9.93. The summed E-state index contributed by atoms with van der Waals surface area (Å²) in [4.78, 5) is 23.6. The lowest BCUT2D eigenvalue weighted by Gasteiger charge is -2.22. The van der Waals surface area contributed by atoms with Gasteiger partial charge in [0.25, 0.3) is 0 Å². The van der Waals surface area contributed by atoms with Crippen LogP contribution < -0.4 is 0 Å². The maximum absolute atomic E-state index is 11.8. The minimum Gasteiger partial charge on any atom is -0.508 e. The largest absolute Gasteiger partial charge is 0.508 e. The van der Waals surface area contributed by atoms with Crippen LogP contribution in [0.2, 0.25) is 0 Å². The summed E-state index contributed by atoms with van der Waals surface area (Å²) in [5.41, 5.74) is 1.64. The van der Waals surface area contributed by atoms with Crippen LogP contribution in [0.15, 0.2) is 48.5 Å². The lowest BCUT2D eigenvalue weighted by atomic mass is 10.1. The molecule has 0 aliphatic carbocycles. The van der Waals surface area contributed by atoms with Gasteiger partial charge in [0.1, 0.15) is 43.0 Å². The molecule has 0 aromatic heterocycles. The molecule has 0 amide bonds. The predicted octanol–water partition coefficient (Wildman–Crippen LogP) is 0.832. The normalized spacial score (nSPS) is 12.9. The number of aliphatic hydroxyl groups excluding tert-OH is 3. The van der Waals surface area contributed by atoms with Gasteiger partial charge in [-0.15, -0.1) is 0 Å². The van der Waals surface area contributed by atoms with Gasteiger partial charge >= 0.3 is 11.9 Å². The number of carbonyl (C=O) groups is 2. The molecule has 174 valence electrons. The van der Waals surface area contributed by atoms with Crippen molar-refractivity contribution in [2.45, 2.75) is 44.0 Å². The lowest BCUT2D eigenvalue weighted by molar-refractivity contribution is -0.157. The van der Waals surface area contributed by atoms with E-state index in [2.05, 4.69) is 0 Å². The first-order valence-electron chi connectivity index (χ1n) is 10.2. The molecule has 0 aliphatic rings. The number of aryl methyl sites for hydroxylation is 2. The first kappa shape index (κ1) is 25.1. The lowest BCUT2D eigenvalue weighted by Crippen LogP contribution is -2.43. The predicted molar refractivity (Wildman–Crippen MR) is 113 cm³/mol. The highest BCUT2D eigenvalue weighted by atomic mass is 16.6. The molecule has 5 N–H and O–H groups in total. The molecular weight excluding hydrogens is 420 g/mol. The third kappa shape index (κ3) is 8.93. The highest BCUT2D eigenvalue weighted by molar-refractivity contribution is 5.70. The van der Waals surface area contributed by atoms with Crippen molar-refractivity contribution >= 4 is 11.9 Å². The van der Waals surface area contributed by atoms with E-state index in [0.717, 1.165) is 11.1 Å². The second kappa shape index (κ2) is 12.7. The van der Waals surface area contributed by atoms with Crippen molar-refractivity contribution in [3.8, 4) is 11.5 Å². The first-order chi connectivity index (χ1) is 15.2. The van der Waals surface area contributed by atoms with Crippen molar-refractivity contribution < 1.29 is 44.6 Å². The fraction of sp³-hybridized carbons (Fsp3) is 0.391. The fourth-order valence-electron chi connectivity index (χ4n) is 2.77. The Hall–Kier alpha value is -3.14. The maximum Gasteiger partial charge on any atom is 0.306 e. The summed E-state index contributed by atoms with van der Waals surface area (Å²) < 4.78 is 9.81. The molecule has 0 saturated heterocycles. The zero-order valence-corrected chi connectivity index (χ0v) is 17.5. The molecule has 9 heteroatoms. The van der Waals surface area contributed by atoms with Crippen molar-refractivity contribution in [1.82, 2.24) is 0 Å². The van der Waals surface area contributed by atoms with Crippen LogP contribution in [0.5, 0.6) is 11.5 Å². The molecular formula is C23H28O9. The van der Waals surface area contributed by atoms with Crippen LogP contribution in [0.4, 0.5) is 0 Å². The number of hydrogen-bond acceptors (Lipinski definition) is 9. The van der Waals surface area contributed by atoms with E-state index >= 15 is 0 Å². The summed E-state index contributed by atoms with van der Waals surface area (Å²) in [6, 6.07) is 12.7. The van der Waals surface area contributed by atoms with Gasteiger partial charge in [-0.05, 0) is 48.2 Å². The molecule has 0 saturated carbocycles. The molecule has 2 atom stereocenters. The number of phenols is 2. The van der Waals surface area contributed by atoms with E-state index < -0.39 is 43.5 Å². The zero-order chi connectivity index (χ0) is 23.5. The van der Waals surface area contributed by atoms with Gasteiger partial charge in [0.15, 0.2) is 0 Å². The average Bonchev–Trinajstić information content (AvgIpc) is 2.79. The van der Waals surface area contributed by atoms with E-state index in [9.17, 15) is 35.1 Å². The van der Waals surface area contributed by atoms with Crippen molar-refractivity contribution in [1.29, 1.82) is 0 Å². The van der Waals surface area contributed by atoms with Gasteiger partial charge < -0.3 is 35.0 Å². The van der Waals surface area contributed by atoms with Crippen LogP contribution >= 0.6 is 0 Å². The van der Waals surface area contributed by atoms with Crippen LogP contribution in [0.1, 0.15) is 24.0 Å². The monoisotopic (exact) mass is 448 g/mol. The molecule has 0 spiro atoms. The van der Waals surface area contributed by atoms with Crippen LogP contribution in [0.25, 0.3) is 0 Å². The molecule has 2 rings (SSSR count). The number of ether oxygens (including phenoxy) is 2. The number of rotatable bonds is 12. The Balaban J connectivity index is 1.63. The van der Waals surface area contributed by atoms with Crippen molar-refractivity contribution in [2.75, 3.05) is 13.2 Å². The quantitative estimate of drug-likeness (QED) is 0.297. The molecule has 0 aliphatic heterocycles. The molecule has 9 nitrogen and oxygen atoms in total. The fourth-order valence-corrected chi connectivity index (χ4v) is 2.77. The maximum atomic E-state index is 11.8. The van der Waals surface area contributed by atoms with Gasteiger partial charge in [0, 0.05) is 12.8 Å². The van der Waals surface area contributed by atoms with E-state index in [1.807, 2.05) is 0 Å². The summed E-state index contributed by atoms with van der Waals surface area (Å²) in [5, 5.41) is 48.2. The molecule has 2 aromatic carbocycles. The van der Waals surface area contributed by atoms with E-state index in [1.165, 1.54) is 24.3 Å². The summed E-state index contributed by atoms with van der Waals surface area (Å²) in [7, 11) is 0. The minimum absolute atomic E-state index is 0.0365. The molecule has 0 unspecified atom stereocenters. The van der Waals surface area contributed by atoms with E-state index in [0.29, 0.717) is 12.8 Å². The van der Waals surface area contributed by atoms with Crippen molar-refractivity contribution in [3.05, 3.63) is 59.7 Å². The Morgan fingerprint density at radius 3 is 1.34 bits per heavy atom. The molecule has 0 bridgehead atoms. The van der Waals surface area contributed by atoms with Crippen molar-refractivity contribution in [2.24, 2.45) is 0 Å². The average molecular weight is 448 g/mol. The SMILES string of the molecule is O=C(CCc1ccc(O)cc1)OC[C@@H](O)C(O)[C@H](O)COC(=O)CCc1ccc(O)cc1. The van der Waals surface area contributed by atoms with Crippen LogP contribution in [0.3, 0.4) is 0 Å². The van der Waals surface area contributed by atoms with Crippen LogP contribution in [-0.2, 0) is 31.9 Å². The third-order valence-electron chi connectivity index (χ3n) is 4.73. The molecule has 0 heterocycles. The highest BCUT2D eigenvalue weighted by Crippen LogP contribution is 2.13. The second-order valence-electron chi connectivity index (χ2n) is 7.32. The number of benzene rings is 2. The van der Waals surface area contributed by atoms with Crippen LogP contribution in [-0.4, -0.2) is 69.0 Å². The van der Waals surface area contributed by atoms with E-state index in [-0.39, 0.29) is 24.3 Å².